The molecule has 9 heavy (non-hydrogen) atoms. The Bertz CT molecular complexity index is 125. The SMILES string of the molecule is NC(OS(=O)O)C1CC1. The van der Waals surface area contributed by atoms with E-state index in [1.54, 1.807) is 0 Å². The summed E-state index contributed by atoms with van der Waals surface area (Å²) in [6.07, 6.45) is 1.48. The second-order valence-electron chi connectivity index (χ2n) is 2.12. The van der Waals surface area contributed by atoms with Gasteiger partial charge in [0.05, 0.1) is 0 Å². The first kappa shape index (κ1) is 7.14. The smallest absolute Gasteiger partial charge is 0.303 e. The molecule has 0 saturated heterocycles. The minimum absolute atomic E-state index is 0.307. The number of hydrogen-bond donors (Lipinski definition) is 2. The summed E-state index contributed by atoms with van der Waals surface area (Å²) in [5.74, 6) is 0.307. The van der Waals surface area contributed by atoms with Crippen LogP contribution in [0.3, 0.4) is 0 Å². The van der Waals surface area contributed by atoms with E-state index in [0.717, 1.165) is 12.8 Å². The van der Waals surface area contributed by atoms with Crippen LogP contribution >= 0.6 is 0 Å². The van der Waals surface area contributed by atoms with Gasteiger partial charge in [0.1, 0.15) is 6.23 Å². The van der Waals surface area contributed by atoms with Crippen LogP contribution in [0.25, 0.3) is 0 Å². The lowest BCUT2D eigenvalue weighted by molar-refractivity contribution is 0.188. The van der Waals surface area contributed by atoms with Crippen LogP contribution in [-0.4, -0.2) is 15.0 Å². The van der Waals surface area contributed by atoms with E-state index in [1.807, 2.05) is 0 Å². The van der Waals surface area contributed by atoms with Gasteiger partial charge in [-0.1, -0.05) is 0 Å². The summed E-state index contributed by atoms with van der Waals surface area (Å²) >= 11 is -2.20. The van der Waals surface area contributed by atoms with Gasteiger partial charge in [-0.2, -0.15) is 4.21 Å². The topological polar surface area (TPSA) is 72.5 Å². The van der Waals surface area contributed by atoms with Gasteiger partial charge in [0.2, 0.25) is 0 Å². The molecule has 0 bridgehead atoms. The van der Waals surface area contributed by atoms with Crippen LogP contribution in [0.5, 0.6) is 0 Å². The maximum atomic E-state index is 9.95. The molecular formula is C4H9NO3S. The second kappa shape index (κ2) is 2.74. The lowest BCUT2D eigenvalue weighted by atomic mass is 10.4. The molecule has 0 radical (unpaired) electrons. The van der Waals surface area contributed by atoms with Crippen molar-refractivity contribution in [2.45, 2.75) is 19.1 Å². The Morgan fingerprint density at radius 3 is 2.67 bits per heavy atom. The van der Waals surface area contributed by atoms with E-state index < -0.39 is 17.6 Å². The molecule has 1 rings (SSSR count). The fraction of sp³-hybridized carbons (Fsp3) is 1.00. The van der Waals surface area contributed by atoms with Crippen LogP contribution < -0.4 is 5.73 Å². The molecule has 0 aliphatic heterocycles. The molecule has 1 aliphatic rings. The first-order chi connectivity index (χ1) is 4.20. The Labute approximate surface area is 55.9 Å². The van der Waals surface area contributed by atoms with Gasteiger partial charge in [-0.15, -0.1) is 0 Å². The van der Waals surface area contributed by atoms with E-state index in [9.17, 15) is 4.21 Å². The highest BCUT2D eigenvalue weighted by Gasteiger charge is 2.30. The van der Waals surface area contributed by atoms with Gasteiger partial charge in [-0.25, -0.2) is 4.18 Å². The van der Waals surface area contributed by atoms with Crippen LogP contribution in [-0.2, 0) is 15.5 Å². The van der Waals surface area contributed by atoms with Crippen LogP contribution in [0.2, 0.25) is 0 Å². The number of hydrogen-bond acceptors (Lipinski definition) is 3. The quantitative estimate of drug-likeness (QED) is 0.434. The van der Waals surface area contributed by atoms with Gasteiger partial charge < -0.3 is 5.73 Å². The van der Waals surface area contributed by atoms with Crippen molar-refractivity contribution in [3.63, 3.8) is 0 Å². The molecule has 2 atom stereocenters. The third kappa shape index (κ3) is 2.40. The molecular weight excluding hydrogens is 142 g/mol. The zero-order chi connectivity index (χ0) is 6.85. The van der Waals surface area contributed by atoms with Crippen LogP contribution in [0.1, 0.15) is 12.8 Å². The molecule has 0 amide bonds. The van der Waals surface area contributed by atoms with Gasteiger partial charge in [0.25, 0.3) is 0 Å². The normalized spacial score (nSPS) is 25.6. The second-order valence-corrected chi connectivity index (χ2v) is 2.74. The van der Waals surface area contributed by atoms with E-state index in [-0.39, 0.29) is 0 Å². The summed E-state index contributed by atoms with van der Waals surface area (Å²) in [5.41, 5.74) is 5.30. The van der Waals surface area contributed by atoms with Crippen molar-refractivity contribution < 1.29 is 12.9 Å². The summed E-state index contributed by atoms with van der Waals surface area (Å²) < 4.78 is 22.5. The molecule has 0 spiro atoms. The van der Waals surface area contributed by atoms with Gasteiger partial charge in [-0.3, -0.25) is 4.55 Å². The molecule has 1 aliphatic carbocycles. The molecule has 1 saturated carbocycles. The minimum atomic E-state index is -2.20. The average molecular weight is 151 g/mol. The van der Waals surface area contributed by atoms with Crippen molar-refractivity contribution >= 4 is 11.4 Å². The van der Waals surface area contributed by atoms with Crippen molar-refractivity contribution in [2.24, 2.45) is 11.7 Å². The monoisotopic (exact) mass is 151 g/mol. The first-order valence-electron chi connectivity index (χ1n) is 2.73. The van der Waals surface area contributed by atoms with Gasteiger partial charge in [0.15, 0.2) is 0 Å². The van der Waals surface area contributed by atoms with Gasteiger partial charge in [0, 0.05) is 0 Å². The summed E-state index contributed by atoms with van der Waals surface area (Å²) in [4.78, 5) is 0. The molecule has 0 aromatic heterocycles. The predicted octanol–water partition coefficient (Wildman–Crippen LogP) is -0.166. The summed E-state index contributed by atoms with van der Waals surface area (Å²) in [6, 6.07) is 0. The molecule has 3 N–H and O–H groups in total. The maximum absolute atomic E-state index is 9.95. The van der Waals surface area contributed by atoms with E-state index in [0.29, 0.717) is 5.92 Å². The van der Waals surface area contributed by atoms with Crippen molar-refractivity contribution in [2.75, 3.05) is 0 Å². The summed E-state index contributed by atoms with van der Waals surface area (Å²) in [7, 11) is 0. The Balaban J connectivity index is 2.17. The average Bonchev–Trinajstić information content (AvgIpc) is 2.40. The van der Waals surface area contributed by atoms with Crippen molar-refractivity contribution in [3.05, 3.63) is 0 Å². The zero-order valence-corrected chi connectivity index (χ0v) is 5.63. The number of nitrogens with two attached hydrogens (primary N) is 1. The van der Waals surface area contributed by atoms with Crippen LogP contribution in [0, 0.1) is 5.92 Å². The predicted molar refractivity (Wildman–Crippen MR) is 32.6 cm³/mol. The zero-order valence-electron chi connectivity index (χ0n) is 4.82. The molecule has 0 heterocycles. The highest BCUT2D eigenvalue weighted by molar-refractivity contribution is 7.74. The molecule has 0 aromatic carbocycles. The van der Waals surface area contributed by atoms with Gasteiger partial charge in [-0.05, 0) is 18.8 Å². The van der Waals surface area contributed by atoms with Crippen molar-refractivity contribution in [1.82, 2.24) is 0 Å². The van der Waals surface area contributed by atoms with Crippen molar-refractivity contribution in [3.8, 4) is 0 Å². The van der Waals surface area contributed by atoms with E-state index in [4.69, 9.17) is 10.3 Å². The van der Waals surface area contributed by atoms with Crippen molar-refractivity contribution in [1.29, 1.82) is 0 Å². The highest BCUT2D eigenvalue weighted by atomic mass is 32.2. The number of rotatable bonds is 3. The van der Waals surface area contributed by atoms with Gasteiger partial charge >= 0.3 is 11.4 Å². The molecule has 1 fully saturated rings. The Hall–Kier alpha value is 0.0300. The maximum Gasteiger partial charge on any atom is 0.303 e. The Morgan fingerprint density at radius 1 is 1.78 bits per heavy atom. The Kier molecular flexibility index (Phi) is 2.18. The first-order valence-corrected chi connectivity index (χ1v) is 3.77. The van der Waals surface area contributed by atoms with E-state index >= 15 is 0 Å². The fourth-order valence-electron chi connectivity index (χ4n) is 0.598. The third-order valence-electron chi connectivity index (χ3n) is 1.28. The molecule has 0 aromatic rings. The third-order valence-corrected chi connectivity index (χ3v) is 1.67. The molecule has 5 heteroatoms. The molecule has 4 nitrogen and oxygen atoms in total. The molecule has 2 unspecified atom stereocenters. The summed E-state index contributed by atoms with van der Waals surface area (Å²) in [6.45, 7) is 0. The summed E-state index contributed by atoms with van der Waals surface area (Å²) in [5, 5.41) is 0. The van der Waals surface area contributed by atoms with Crippen LogP contribution in [0.15, 0.2) is 0 Å². The fourth-order valence-corrected chi connectivity index (χ4v) is 0.946. The van der Waals surface area contributed by atoms with E-state index in [1.165, 1.54) is 0 Å². The van der Waals surface area contributed by atoms with E-state index in [2.05, 4.69) is 4.18 Å². The lowest BCUT2D eigenvalue weighted by Crippen LogP contribution is -2.26. The largest absolute Gasteiger partial charge is 0.305 e. The molecule has 54 valence electrons. The lowest BCUT2D eigenvalue weighted by Gasteiger charge is -2.05. The minimum Gasteiger partial charge on any atom is -0.305 e. The Morgan fingerprint density at radius 2 is 2.33 bits per heavy atom. The highest BCUT2D eigenvalue weighted by Crippen LogP contribution is 2.32. The standard InChI is InChI=1S/C4H9NO3S/c5-4(3-1-2-3)8-9(6)7/h3-4H,1-2,5H2,(H,6,7). The van der Waals surface area contributed by atoms with Crippen LogP contribution in [0.4, 0.5) is 0 Å².